The number of rotatable bonds is 10. The molecule has 1 unspecified atom stereocenters. The molecule has 6 N–H and O–H groups in total. The second-order valence-electron chi connectivity index (χ2n) is 7.20. The topological polar surface area (TPSA) is 129 Å². The molecule has 0 heterocycles. The number of halogens is 1. The Morgan fingerprint density at radius 3 is 2.47 bits per heavy atom. The average molecular weight is 434 g/mol. The fourth-order valence-electron chi connectivity index (χ4n) is 3.38. The third kappa shape index (κ3) is 5.43. The number of benzene rings is 2. The highest BCUT2D eigenvalue weighted by Gasteiger charge is 2.30. The first-order valence-corrected chi connectivity index (χ1v) is 9.78. The largest absolute Gasteiger partial charge is 0.491 e. The lowest BCUT2D eigenvalue weighted by atomic mass is 9.95. The summed E-state index contributed by atoms with van der Waals surface area (Å²) in [6.45, 7) is 1.96. The van der Waals surface area contributed by atoms with Crippen molar-refractivity contribution in [3.8, 4) is 5.75 Å². The Kier molecular flexibility index (Phi) is 8.08. The maximum absolute atomic E-state index is 12.2. The van der Waals surface area contributed by atoms with Gasteiger partial charge in [-0.25, -0.2) is 4.79 Å². The van der Waals surface area contributed by atoms with Crippen LogP contribution >= 0.6 is 12.4 Å². The van der Waals surface area contributed by atoms with Crippen LogP contribution in [0.5, 0.6) is 5.75 Å². The third-order valence-electron chi connectivity index (χ3n) is 5.05. The second-order valence-corrected chi connectivity index (χ2v) is 7.20. The normalized spacial score (nSPS) is 13.8. The van der Waals surface area contributed by atoms with Gasteiger partial charge in [0.25, 0.3) is 0 Å². The summed E-state index contributed by atoms with van der Waals surface area (Å²) in [6, 6.07) is 9.73. The molecule has 0 radical (unpaired) electrons. The number of nitrogens with two attached hydrogens (primary N) is 1. The molecule has 8 heteroatoms. The zero-order valence-electron chi connectivity index (χ0n) is 16.9. The van der Waals surface area contributed by atoms with E-state index in [1.807, 2.05) is 13.0 Å². The second kappa shape index (κ2) is 10.3. The number of amidine groups is 1. The number of aryl methyl sites for hydroxylation is 1. The van der Waals surface area contributed by atoms with Crippen molar-refractivity contribution in [2.45, 2.75) is 38.1 Å². The van der Waals surface area contributed by atoms with Gasteiger partial charge in [0.05, 0.1) is 6.61 Å². The molecule has 1 aliphatic carbocycles. The van der Waals surface area contributed by atoms with Gasteiger partial charge in [-0.3, -0.25) is 5.41 Å². The SMILES string of the molecule is CCc1cc(C2CC2)cc(C(Nc2ccc(C(=N)N)cc2)C(=O)O)c1OCCO.Cl. The first-order chi connectivity index (χ1) is 13.9. The van der Waals surface area contributed by atoms with Crippen LogP contribution in [-0.2, 0) is 11.2 Å². The van der Waals surface area contributed by atoms with E-state index in [2.05, 4.69) is 11.4 Å². The zero-order chi connectivity index (χ0) is 21.0. The van der Waals surface area contributed by atoms with Crippen LogP contribution in [0.2, 0.25) is 0 Å². The van der Waals surface area contributed by atoms with Crippen LogP contribution in [0.4, 0.5) is 5.69 Å². The van der Waals surface area contributed by atoms with E-state index in [4.69, 9.17) is 15.9 Å². The highest BCUT2D eigenvalue weighted by atomic mass is 35.5. The van der Waals surface area contributed by atoms with Crippen LogP contribution in [0.1, 0.15) is 54.0 Å². The monoisotopic (exact) mass is 433 g/mol. The van der Waals surface area contributed by atoms with E-state index < -0.39 is 12.0 Å². The Morgan fingerprint density at radius 1 is 1.30 bits per heavy atom. The van der Waals surface area contributed by atoms with Crippen molar-refractivity contribution in [2.75, 3.05) is 18.5 Å². The number of hydrogen-bond acceptors (Lipinski definition) is 5. The smallest absolute Gasteiger partial charge is 0.330 e. The van der Waals surface area contributed by atoms with Crippen LogP contribution in [0.15, 0.2) is 36.4 Å². The van der Waals surface area contributed by atoms with E-state index in [1.165, 1.54) is 0 Å². The van der Waals surface area contributed by atoms with E-state index in [0.717, 1.165) is 24.0 Å². The Balaban J connectivity index is 0.00000320. The number of carboxylic acid groups (broad SMARTS) is 1. The maximum Gasteiger partial charge on any atom is 0.330 e. The Bertz CT molecular complexity index is 898. The van der Waals surface area contributed by atoms with Crippen molar-refractivity contribution in [3.63, 3.8) is 0 Å². The summed E-state index contributed by atoms with van der Waals surface area (Å²) in [5, 5.41) is 29.7. The lowest BCUT2D eigenvalue weighted by Gasteiger charge is -2.23. The molecule has 0 bridgehead atoms. The molecule has 3 rings (SSSR count). The number of hydrogen-bond donors (Lipinski definition) is 5. The number of aliphatic carboxylic acids is 1. The number of nitrogen functional groups attached to an aromatic ring is 1. The number of aliphatic hydroxyl groups is 1. The van der Waals surface area contributed by atoms with Crippen molar-refractivity contribution < 1.29 is 19.7 Å². The van der Waals surface area contributed by atoms with E-state index in [0.29, 0.717) is 34.9 Å². The summed E-state index contributed by atoms with van der Waals surface area (Å²) in [7, 11) is 0. The number of aliphatic hydroxyl groups excluding tert-OH is 1. The molecule has 0 aliphatic heterocycles. The predicted octanol–water partition coefficient (Wildman–Crippen LogP) is 3.44. The molecule has 0 spiro atoms. The predicted molar refractivity (Wildman–Crippen MR) is 119 cm³/mol. The fourth-order valence-corrected chi connectivity index (χ4v) is 3.38. The minimum atomic E-state index is -1.02. The maximum atomic E-state index is 12.2. The number of carboxylic acids is 1. The zero-order valence-corrected chi connectivity index (χ0v) is 17.7. The quantitative estimate of drug-likeness (QED) is 0.288. The lowest BCUT2D eigenvalue weighted by Crippen LogP contribution is -2.22. The number of anilines is 1. The molecule has 1 fully saturated rings. The van der Waals surface area contributed by atoms with Crippen LogP contribution in [0.3, 0.4) is 0 Å². The van der Waals surface area contributed by atoms with Crippen molar-refractivity contribution >= 4 is 29.9 Å². The van der Waals surface area contributed by atoms with Crippen LogP contribution in [0.25, 0.3) is 0 Å². The van der Waals surface area contributed by atoms with E-state index in [9.17, 15) is 15.0 Å². The van der Waals surface area contributed by atoms with E-state index in [-0.39, 0.29) is 31.5 Å². The Morgan fingerprint density at radius 2 is 1.97 bits per heavy atom. The van der Waals surface area contributed by atoms with Gasteiger partial charge in [-0.15, -0.1) is 12.4 Å². The molecule has 2 aromatic carbocycles. The molecule has 0 amide bonds. The van der Waals surface area contributed by atoms with Gasteiger partial charge in [-0.1, -0.05) is 13.0 Å². The summed E-state index contributed by atoms with van der Waals surface area (Å²) in [5.74, 6) is -0.0818. The third-order valence-corrected chi connectivity index (χ3v) is 5.05. The minimum absolute atomic E-state index is 0. The van der Waals surface area contributed by atoms with Gasteiger partial charge in [0.1, 0.15) is 18.2 Å². The molecular formula is C22H28ClN3O4. The number of ether oxygens (including phenoxy) is 1. The van der Waals surface area contributed by atoms with Crippen molar-refractivity contribution in [1.29, 1.82) is 5.41 Å². The molecule has 30 heavy (non-hydrogen) atoms. The van der Waals surface area contributed by atoms with Gasteiger partial charge < -0.3 is 26.0 Å². The minimum Gasteiger partial charge on any atom is -0.491 e. The summed E-state index contributed by atoms with van der Waals surface area (Å²) in [4.78, 5) is 12.2. The van der Waals surface area contributed by atoms with E-state index >= 15 is 0 Å². The first kappa shape index (κ1) is 23.5. The van der Waals surface area contributed by atoms with Crippen molar-refractivity contribution in [3.05, 3.63) is 58.7 Å². The number of carbonyl (C=O) groups is 1. The lowest BCUT2D eigenvalue weighted by molar-refractivity contribution is -0.138. The summed E-state index contributed by atoms with van der Waals surface area (Å²) in [5.41, 5.74) is 9.29. The van der Waals surface area contributed by atoms with Gasteiger partial charge in [0.2, 0.25) is 0 Å². The van der Waals surface area contributed by atoms with Crippen LogP contribution in [0, 0.1) is 5.41 Å². The Labute approximate surface area is 182 Å². The van der Waals surface area contributed by atoms with Crippen LogP contribution in [-0.4, -0.2) is 35.2 Å². The highest BCUT2D eigenvalue weighted by molar-refractivity contribution is 5.95. The molecule has 2 aromatic rings. The van der Waals surface area contributed by atoms with Crippen LogP contribution < -0.4 is 15.8 Å². The molecule has 1 aliphatic rings. The summed E-state index contributed by atoms with van der Waals surface area (Å²) in [6.07, 6.45) is 2.92. The molecule has 162 valence electrons. The van der Waals surface area contributed by atoms with Crippen molar-refractivity contribution in [2.24, 2.45) is 5.73 Å². The molecule has 1 saturated carbocycles. The first-order valence-electron chi connectivity index (χ1n) is 9.78. The summed E-state index contributed by atoms with van der Waals surface area (Å²) < 4.78 is 5.78. The number of nitrogens with one attached hydrogen (secondary N) is 2. The fraction of sp³-hybridized carbons (Fsp3) is 0.364. The molecular weight excluding hydrogens is 406 g/mol. The van der Waals surface area contributed by atoms with Gasteiger partial charge >= 0.3 is 5.97 Å². The van der Waals surface area contributed by atoms with E-state index in [1.54, 1.807) is 24.3 Å². The van der Waals surface area contributed by atoms with Gasteiger partial charge in [0, 0.05) is 16.8 Å². The Hall–Kier alpha value is -2.77. The molecule has 7 nitrogen and oxygen atoms in total. The molecule has 0 saturated heterocycles. The highest BCUT2D eigenvalue weighted by Crippen LogP contribution is 2.44. The summed E-state index contributed by atoms with van der Waals surface area (Å²) >= 11 is 0. The van der Waals surface area contributed by atoms with Gasteiger partial charge in [0.15, 0.2) is 6.04 Å². The standard InChI is InChI=1S/C22H27N3O4.ClH/c1-2-13-11-16(14-3-4-14)12-18(20(13)29-10-9-26)19(22(27)28)25-17-7-5-15(6-8-17)21(23)24;/h5-8,11-12,14,19,25-26H,2-4,9-10H2,1H3,(H3,23,24)(H,27,28);1H. The average Bonchev–Trinajstić information content (AvgIpc) is 3.55. The molecule has 0 aromatic heterocycles. The molecule has 1 atom stereocenters. The van der Waals surface area contributed by atoms with Gasteiger partial charge in [-0.2, -0.15) is 0 Å². The van der Waals surface area contributed by atoms with Crippen molar-refractivity contribution in [1.82, 2.24) is 0 Å². The van der Waals surface area contributed by atoms with Gasteiger partial charge in [-0.05, 0) is 66.6 Å².